The summed E-state index contributed by atoms with van der Waals surface area (Å²) in [5, 5.41) is 12.3. The Hall–Kier alpha value is -3.07. The first-order valence-electron chi connectivity index (χ1n) is 10.5. The van der Waals surface area contributed by atoms with Crippen LogP contribution in [-0.4, -0.2) is 42.6 Å². The van der Waals surface area contributed by atoms with Crippen LogP contribution in [-0.2, 0) is 4.74 Å². The van der Waals surface area contributed by atoms with E-state index in [0.29, 0.717) is 17.0 Å². The first-order valence-corrected chi connectivity index (χ1v) is 10.5. The number of alkyl halides is 2. The van der Waals surface area contributed by atoms with Gasteiger partial charge in [-0.25, -0.2) is 13.2 Å². The third-order valence-electron chi connectivity index (χ3n) is 6.17. The predicted octanol–water partition coefficient (Wildman–Crippen LogP) is 4.87. The molecule has 0 amide bonds. The number of hydrogen-bond donors (Lipinski definition) is 1. The fraction of sp³-hybridized carbons (Fsp3) is 0.391. The van der Waals surface area contributed by atoms with E-state index in [4.69, 9.17) is 9.47 Å². The molecule has 0 spiro atoms. The molecule has 0 aliphatic carbocycles. The number of hydrogen-bond acceptors (Lipinski definition) is 6. The zero-order chi connectivity index (χ0) is 22.4. The Balaban J connectivity index is 1.50. The van der Waals surface area contributed by atoms with Crippen molar-refractivity contribution >= 4 is 22.3 Å². The third kappa shape index (κ3) is 3.60. The topological polar surface area (TPSA) is 59.5 Å². The maximum absolute atomic E-state index is 14.7. The summed E-state index contributed by atoms with van der Waals surface area (Å²) >= 11 is 0. The van der Waals surface area contributed by atoms with Gasteiger partial charge in [-0.15, -0.1) is 0 Å². The van der Waals surface area contributed by atoms with Crippen LogP contribution in [0.3, 0.4) is 0 Å². The van der Waals surface area contributed by atoms with Crippen molar-refractivity contribution in [1.82, 2.24) is 10.2 Å². The lowest BCUT2D eigenvalue weighted by Crippen LogP contribution is -2.57. The predicted molar refractivity (Wildman–Crippen MR) is 115 cm³/mol. The van der Waals surface area contributed by atoms with E-state index in [9.17, 15) is 13.2 Å². The summed E-state index contributed by atoms with van der Waals surface area (Å²) in [7, 11) is 1.61. The average molecular weight is 444 g/mol. The summed E-state index contributed by atoms with van der Waals surface area (Å²) < 4.78 is 52.3. The molecule has 0 radical (unpaired) electrons. The molecule has 2 bridgehead atoms. The van der Waals surface area contributed by atoms with Crippen LogP contribution < -0.4 is 15.0 Å². The summed E-state index contributed by atoms with van der Waals surface area (Å²) in [5.74, 6) is -0.210. The molecule has 0 saturated carbocycles. The number of morpholine rings is 1. The number of aromatic nitrogens is 2. The molecule has 6 rings (SSSR count). The number of ether oxygens (including phenoxy) is 2. The number of benzene rings is 2. The second-order valence-electron chi connectivity index (χ2n) is 8.24. The Labute approximate surface area is 183 Å². The SMILES string of the molecule is COc1cc2nncc(N[C@H](C)c3cccc(C(F)F)c3F)c2cc1N1CC2CC(C1)O2. The van der Waals surface area contributed by atoms with Crippen LogP contribution in [0.15, 0.2) is 36.5 Å². The van der Waals surface area contributed by atoms with Crippen LogP contribution in [0.5, 0.6) is 5.75 Å². The molecule has 6 nitrogen and oxygen atoms in total. The Bertz CT molecular complexity index is 1140. The molecule has 4 heterocycles. The van der Waals surface area contributed by atoms with Crippen molar-refractivity contribution in [2.45, 2.75) is 38.0 Å². The lowest BCUT2D eigenvalue weighted by atomic mass is 9.97. The highest BCUT2D eigenvalue weighted by Gasteiger charge is 2.39. The molecule has 3 aliphatic rings. The second-order valence-corrected chi connectivity index (χ2v) is 8.24. The molecular weight excluding hydrogens is 421 g/mol. The zero-order valence-electron chi connectivity index (χ0n) is 17.7. The fourth-order valence-electron chi connectivity index (χ4n) is 4.53. The number of piperidine rings is 1. The molecule has 2 unspecified atom stereocenters. The Morgan fingerprint density at radius 3 is 2.59 bits per heavy atom. The van der Waals surface area contributed by atoms with E-state index in [2.05, 4.69) is 20.4 Å². The van der Waals surface area contributed by atoms with Gasteiger partial charge in [-0.1, -0.05) is 18.2 Å². The number of methoxy groups -OCH3 is 1. The molecule has 168 valence electrons. The molecule has 1 N–H and O–H groups in total. The summed E-state index contributed by atoms with van der Waals surface area (Å²) in [6.45, 7) is 3.28. The number of halogens is 3. The normalized spacial score (nSPS) is 20.9. The van der Waals surface area contributed by atoms with Crippen LogP contribution in [0.25, 0.3) is 10.9 Å². The van der Waals surface area contributed by atoms with Gasteiger partial charge in [-0.05, 0) is 13.0 Å². The van der Waals surface area contributed by atoms with Crippen molar-refractivity contribution in [1.29, 1.82) is 0 Å². The number of fused-ring (bicyclic) bond motifs is 3. The van der Waals surface area contributed by atoms with Gasteiger partial charge in [0.25, 0.3) is 6.43 Å². The highest BCUT2D eigenvalue weighted by molar-refractivity contribution is 5.95. The molecule has 3 fully saturated rings. The second kappa shape index (κ2) is 8.12. The standard InChI is InChI=1S/C23H23F3N4O2/c1-12(15-4-3-5-16(22(15)24)23(25)26)28-19-9-27-29-18-8-21(31-2)20(7-17(18)19)30-10-13-6-14(11-30)32-13/h3-5,7-9,12-14,23H,6,10-11H2,1-2H3,(H,28,29)/t12-,13?,14?/m1/s1. The molecule has 3 saturated heterocycles. The van der Waals surface area contributed by atoms with Crippen LogP contribution in [0, 0.1) is 5.82 Å². The third-order valence-corrected chi connectivity index (χ3v) is 6.17. The summed E-state index contributed by atoms with van der Waals surface area (Å²) in [5.41, 5.74) is 1.73. The maximum atomic E-state index is 14.7. The van der Waals surface area contributed by atoms with Crippen molar-refractivity contribution in [3.8, 4) is 5.75 Å². The van der Waals surface area contributed by atoms with E-state index < -0.39 is 23.8 Å². The Kier molecular flexibility index (Phi) is 5.28. The first-order chi connectivity index (χ1) is 15.4. The zero-order valence-corrected chi connectivity index (χ0v) is 17.7. The number of anilines is 2. The minimum absolute atomic E-state index is 0.162. The Morgan fingerprint density at radius 2 is 1.91 bits per heavy atom. The van der Waals surface area contributed by atoms with Gasteiger partial charge >= 0.3 is 0 Å². The summed E-state index contributed by atoms with van der Waals surface area (Å²) in [6.07, 6.45) is 0.215. The van der Waals surface area contributed by atoms with Gasteiger partial charge in [0, 0.05) is 36.5 Å². The molecule has 9 heteroatoms. The summed E-state index contributed by atoms with van der Waals surface area (Å²) in [4.78, 5) is 2.24. The van der Waals surface area contributed by atoms with E-state index in [0.717, 1.165) is 36.7 Å². The van der Waals surface area contributed by atoms with Crippen LogP contribution in [0.2, 0.25) is 0 Å². The van der Waals surface area contributed by atoms with E-state index in [1.165, 1.54) is 12.1 Å². The van der Waals surface area contributed by atoms with Crippen molar-refractivity contribution in [3.05, 3.63) is 53.5 Å². The fourth-order valence-corrected chi connectivity index (χ4v) is 4.53. The van der Waals surface area contributed by atoms with Gasteiger partial charge in [-0.3, -0.25) is 0 Å². The van der Waals surface area contributed by atoms with Crippen LogP contribution in [0.1, 0.15) is 36.9 Å². The van der Waals surface area contributed by atoms with Gasteiger partial charge in [0.1, 0.15) is 11.6 Å². The first kappa shape index (κ1) is 20.8. The van der Waals surface area contributed by atoms with E-state index in [1.807, 2.05) is 12.1 Å². The quantitative estimate of drug-likeness (QED) is 0.586. The van der Waals surface area contributed by atoms with Gasteiger partial charge in [-0.2, -0.15) is 10.2 Å². The molecule has 32 heavy (non-hydrogen) atoms. The van der Waals surface area contributed by atoms with E-state index in [-0.39, 0.29) is 17.8 Å². The molecule has 2 aromatic carbocycles. The minimum atomic E-state index is -2.87. The highest BCUT2D eigenvalue weighted by Crippen LogP contribution is 2.40. The van der Waals surface area contributed by atoms with Gasteiger partial charge in [0.05, 0.1) is 54.0 Å². The summed E-state index contributed by atoms with van der Waals surface area (Å²) in [6, 6.07) is 7.28. The molecule has 3 aromatic rings. The molecule has 3 atom stereocenters. The van der Waals surface area contributed by atoms with Crippen LogP contribution in [0.4, 0.5) is 24.5 Å². The largest absolute Gasteiger partial charge is 0.495 e. The van der Waals surface area contributed by atoms with Crippen molar-refractivity contribution in [2.75, 3.05) is 30.4 Å². The number of rotatable bonds is 6. The smallest absolute Gasteiger partial charge is 0.266 e. The van der Waals surface area contributed by atoms with Crippen molar-refractivity contribution in [2.24, 2.45) is 0 Å². The maximum Gasteiger partial charge on any atom is 0.266 e. The monoisotopic (exact) mass is 444 g/mol. The number of nitrogens with one attached hydrogen (secondary N) is 1. The van der Waals surface area contributed by atoms with Gasteiger partial charge < -0.3 is 19.7 Å². The van der Waals surface area contributed by atoms with Gasteiger partial charge in [0.2, 0.25) is 0 Å². The lowest BCUT2D eigenvalue weighted by Gasteiger charge is -2.48. The number of nitrogens with zero attached hydrogens (tertiary/aromatic N) is 3. The molecular formula is C23H23F3N4O2. The van der Waals surface area contributed by atoms with Crippen molar-refractivity contribution < 1.29 is 22.6 Å². The van der Waals surface area contributed by atoms with E-state index >= 15 is 0 Å². The average Bonchev–Trinajstić information content (AvgIpc) is 2.78. The van der Waals surface area contributed by atoms with Crippen molar-refractivity contribution in [3.63, 3.8) is 0 Å². The molecule has 1 aromatic heterocycles. The van der Waals surface area contributed by atoms with Crippen LogP contribution >= 0.6 is 0 Å². The highest BCUT2D eigenvalue weighted by atomic mass is 19.3. The Morgan fingerprint density at radius 1 is 1.19 bits per heavy atom. The minimum Gasteiger partial charge on any atom is -0.495 e. The molecule has 3 aliphatic heterocycles. The van der Waals surface area contributed by atoms with Gasteiger partial charge in [0.15, 0.2) is 0 Å². The lowest BCUT2D eigenvalue weighted by molar-refractivity contribution is -0.133. The van der Waals surface area contributed by atoms with E-state index in [1.54, 1.807) is 20.2 Å².